The van der Waals surface area contributed by atoms with E-state index >= 15 is 0 Å². The quantitative estimate of drug-likeness (QED) is 0.678. The zero-order chi connectivity index (χ0) is 18.5. The number of hydrogen-bond donors (Lipinski definition) is 1. The largest absolute Gasteiger partial charge is 0.366 e. The minimum Gasteiger partial charge on any atom is -0.366 e. The van der Waals surface area contributed by atoms with E-state index in [4.69, 9.17) is 0 Å². The first kappa shape index (κ1) is 18.1. The van der Waals surface area contributed by atoms with Crippen LogP contribution in [0.25, 0.3) is 0 Å². The third kappa shape index (κ3) is 4.69. The summed E-state index contributed by atoms with van der Waals surface area (Å²) in [6.07, 6.45) is 5.62. The van der Waals surface area contributed by atoms with E-state index < -0.39 is 0 Å². The van der Waals surface area contributed by atoms with Gasteiger partial charge < -0.3 is 9.88 Å². The highest BCUT2D eigenvalue weighted by Gasteiger charge is 2.10. The maximum absolute atomic E-state index is 4.68. The van der Waals surface area contributed by atoms with Gasteiger partial charge in [-0.2, -0.15) is 0 Å². The number of rotatable bonds is 7. The number of imidazole rings is 1. The van der Waals surface area contributed by atoms with Crippen molar-refractivity contribution in [1.29, 1.82) is 0 Å². The van der Waals surface area contributed by atoms with E-state index in [2.05, 4.69) is 82.9 Å². The van der Waals surface area contributed by atoms with Crippen LogP contribution in [0, 0.1) is 0 Å². The highest BCUT2D eigenvalue weighted by Crippen LogP contribution is 2.20. The van der Waals surface area contributed by atoms with Crippen LogP contribution in [0.2, 0.25) is 0 Å². The van der Waals surface area contributed by atoms with Crippen molar-refractivity contribution in [3.05, 3.63) is 71.7 Å². The lowest BCUT2D eigenvalue weighted by Gasteiger charge is -2.14. The lowest BCUT2D eigenvalue weighted by molar-refractivity contribution is 0.730. The van der Waals surface area contributed by atoms with Gasteiger partial charge in [0.2, 0.25) is 0 Å². The minimum atomic E-state index is 0.313. The topological polar surface area (TPSA) is 55.6 Å². The van der Waals surface area contributed by atoms with E-state index in [1.807, 2.05) is 12.5 Å². The minimum absolute atomic E-state index is 0.313. The van der Waals surface area contributed by atoms with Crippen LogP contribution in [0.15, 0.2) is 49.1 Å². The van der Waals surface area contributed by atoms with Crippen molar-refractivity contribution >= 4 is 5.82 Å². The molecule has 136 valence electrons. The summed E-state index contributed by atoms with van der Waals surface area (Å²) in [5.41, 5.74) is 3.58. The van der Waals surface area contributed by atoms with Crippen molar-refractivity contribution in [2.45, 2.75) is 52.6 Å². The molecule has 0 fully saturated rings. The van der Waals surface area contributed by atoms with E-state index in [9.17, 15) is 0 Å². The average molecular weight is 349 g/mol. The molecule has 0 amide bonds. The van der Waals surface area contributed by atoms with Gasteiger partial charge in [0.05, 0.1) is 6.33 Å². The van der Waals surface area contributed by atoms with Gasteiger partial charge in [0.15, 0.2) is 0 Å². The molecular weight excluding hydrogens is 322 g/mol. The number of aromatic nitrogens is 4. The van der Waals surface area contributed by atoms with Crippen molar-refractivity contribution in [3.8, 4) is 0 Å². The summed E-state index contributed by atoms with van der Waals surface area (Å²) >= 11 is 0. The molecule has 0 bridgehead atoms. The second-order valence-corrected chi connectivity index (χ2v) is 7.25. The Labute approximate surface area is 155 Å². The average Bonchev–Trinajstić information content (AvgIpc) is 3.13. The van der Waals surface area contributed by atoms with E-state index in [1.54, 1.807) is 6.20 Å². The van der Waals surface area contributed by atoms with Gasteiger partial charge in [-0.15, -0.1) is 0 Å². The molecule has 0 radical (unpaired) electrons. The molecular formula is C21H27N5. The molecule has 2 aromatic heterocycles. The zero-order valence-corrected chi connectivity index (χ0v) is 16.0. The van der Waals surface area contributed by atoms with Crippen molar-refractivity contribution in [2.75, 3.05) is 5.32 Å². The van der Waals surface area contributed by atoms with Crippen LogP contribution in [-0.2, 0) is 13.1 Å². The van der Waals surface area contributed by atoms with Crippen LogP contribution < -0.4 is 5.32 Å². The molecule has 1 aromatic carbocycles. The Kier molecular flexibility index (Phi) is 5.66. The predicted octanol–water partition coefficient (Wildman–Crippen LogP) is 4.58. The van der Waals surface area contributed by atoms with Gasteiger partial charge in [0.1, 0.15) is 11.6 Å². The van der Waals surface area contributed by atoms with Crippen molar-refractivity contribution in [3.63, 3.8) is 0 Å². The van der Waals surface area contributed by atoms with Crippen LogP contribution >= 0.6 is 0 Å². The lowest BCUT2D eigenvalue weighted by atomic mass is 10.1. The van der Waals surface area contributed by atoms with Gasteiger partial charge >= 0.3 is 0 Å². The molecule has 0 saturated heterocycles. The smallest absolute Gasteiger partial charge is 0.133 e. The predicted molar refractivity (Wildman–Crippen MR) is 105 cm³/mol. The van der Waals surface area contributed by atoms with Gasteiger partial charge in [0, 0.05) is 43.2 Å². The summed E-state index contributed by atoms with van der Waals surface area (Å²) in [6.45, 7) is 10.2. The van der Waals surface area contributed by atoms with Gasteiger partial charge in [0.25, 0.3) is 0 Å². The molecule has 0 spiro atoms. The Morgan fingerprint density at radius 3 is 2.50 bits per heavy atom. The molecule has 0 atom stereocenters. The standard InChI is InChI=1S/C21H27N5/c1-15(2)19-11-20(25-21(24-19)16(3)4)23-12-17-6-5-7-18(10-17)13-26-9-8-22-14-26/h5-11,14-16H,12-13H2,1-4H3,(H,23,24,25). The molecule has 2 heterocycles. The summed E-state index contributed by atoms with van der Waals surface area (Å²) in [7, 11) is 0. The molecule has 0 aliphatic rings. The lowest BCUT2D eigenvalue weighted by Crippen LogP contribution is -2.09. The Balaban J connectivity index is 1.72. The van der Waals surface area contributed by atoms with Gasteiger partial charge in [-0.1, -0.05) is 52.0 Å². The third-order valence-electron chi connectivity index (χ3n) is 4.26. The fourth-order valence-electron chi connectivity index (χ4n) is 2.75. The molecule has 0 aliphatic carbocycles. The van der Waals surface area contributed by atoms with Crippen LogP contribution in [-0.4, -0.2) is 19.5 Å². The fourth-order valence-corrected chi connectivity index (χ4v) is 2.75. The zero-order valence-electron chi connectivity index (χ0n) is 16.0. The number of anilines is 1. The summed E-state index contributed by atoms with van der Waals surface area (Å²) in [4.78, 5) is 13.5. The maximum atomic E-state index is 4.68. The number of benzene rings is 1. The number of nitrogens with one attached hydrogen (secondary N) is 1. The summed E-state index contributed by atoms with van der Waals surface area (Å²) < 4.78 is 2.07. The molecule has 3 aromatic rings. The van der Waals surface area contributed by atoms with Gasteiger partial charge in [-0.3, -0.25) is 0 Å². The molecule has 0 saturated carbocycles. The second-order valence-electron chi connectivity index (χ2n) is 7.25. The Morgan fingerprint density at radius 2 is 1.81 bits per heavy atom. The molecule has 26 heavy (non-hydrogen) atoms. The summed E-state index contributed by atoms with van der Waals surface area (Å²) in [6, 6.07) is 10.7. The summed E-state index contributed by atoms with van der Waals surface area (Å²) in [5.74, 6) is 2.49. The molecule has 5 nitrogen and oxygen atoms in total. The molecule has 5 heteroatoms. The van der Waals surface area contributed by atoms with Crippen molar-refractivity contribution in [1.82, 2.24) is 19.5 Å². The van der Waals surface area contributed by atoms with Crippen LogP contribution in [0.4, 0.5) is 5.82 Å². The first-order chi connectivity index (χ1) is 12.5. The first-order valence-electron chi connectivity index (χ1n) is 9.17. The fraction of sp³-hybridized carbons (Fsp3) is 0.381. The van der Waals surface area contributed by atoms with Crippen LogP contribution in [0.3, 0.4) is 0 Å². The van der Waals surface area contributed by atoms with E-state index in [1.165, 1.54) is 11.1 Å². The number of hydrogen-bond acceptors (Lipinski definition) is 4. The van der Waals surface area contributed by atoms with Gasteiger partial charge in [-0.25, -0.2) is 15.0 Å². The van der Waals surface area contributed by atoms with Crippen molar-refractivity contribution < 1.29 is 0 Å². The monoisotopic (exact) mass is 349 g/mol. The first-order valence-corrected chi connectivity index (χ1v) is 9.17. The maximum Gasteiger partial charge on any atom is 0.133 e. The molecule has 3 rings (SSSR count). The second kappa shape index (κ2) is 8.13. The van der Waals surface area contributed by atoms with E-state index in [0.717, 1.165) is 30.4 Å². The SMILES string of the molecule is CC(C)c1cc(NCc2cccc(Cn3ccnc3)c2)nc(C(C)C)n1. The van der Waals surface area contributed by atoms with Gasteiger partial charge in [-0.05, 0) is 17.0 Å². The highest BCUT2D eigenvalue weighted by molar-refractivity contribution is 5.39. The number of nitrogens with zero attached hydrogens (tertiary/aromatic N) is 4. The van der Waals surface area contributed by atoms with Crippen molar-refractivity contribution in [2.24, 2.45) is 0 Å². The molecule has 0 unspecified atom stereocenters. The Bertz CT molecular complexity index is 811. The summed E-state index contributed by atoms with van der Waals surface area (Å²) in [5, 5.41) is 3.47. The van der Waals surface area contributed by atoms with E-state index in [-0.39, 0.29) is 0 Å². The Hall–Kier alpha value is -2.69. The normalized spacial score (nSPS) is 11.3. The Morgan fingerprint density at radius 1 is 1.00 bits per heavy atom. The molecule has 1 N–H and O–H groups in total. The van der Waals surface area contributed by atoms with Crippen LogP contribution in [0.5, 0.6) is 0 Å². The van der Waals surface area contributed by atoms with E-state index in [0.29, 0.717) is 11.8 Å². The van der Waals surface area contributed by atoms with Crippen LogP contribution in [0.1, 0.15) is 62.2 Å². The third-order valence-corrected chi connectivity index (χ3v) is 4.26. The highest BCUT2D eigenvalue weighted by atomic mass is 15.0. The molecule has 0 aliphatic heterocycles.